The first-order valence-corrected chi connectivity index (χ1v) is 6.37. The number of hydrogen-bond acceptors (Lipinski definition) is 4. The van der Waals surface area contributed by atoms with Crippen LogP contribution in [-0.4, -0.2) is 17.5 Å². The molecule has 0 unspecified atom stereocenters. The third-order valence-corrected chi connectivity index (χ3v) is 2.73. The van der Waals surface area contributed by atoms with Crippen LogP contribution in [0.4, 0.5) is 11.4 Å². The molecule has 2 rings (SSSR count). The first-order chi connectivity index (χ1) is 9.61. The Morgan fingerprint density at radius 1 is 1.40 bits per heavy atom. The van der Waals surface area contributed by atoms with Crippen LogP contribution in [0.5, 0.6) is 5.75 Å². The average Bonchev–Trinajstić information content (AvgIpc) is 2.41. The molecule has 0 saturated carbocycles. The summed E-state index contributed by atoms with van der Waals surface area (Å²) in [5.74, 6) is 0.157. The number of pyridine rings is 1. The van der Waals surface area contributed by atoms with Gasteiger partial charge in [-0.2, -0.15) is 0 Å². The second kappa shape index (κ2) is 6.06. The van der Waals surface area contributed by atoms with Crippen LogP contribution in [0.25, 0.3) is 0 Å². The third kappa shape index (κ3) is 3.06. The fourth-order valence-corrected chi connectivity index (χ4v) is 1.86. The van der Waals surface area contributed by atoms with Gasteiger partial charge in [0, 0.05) is 17.6 Å². The minimum absolute atomic E-state index is 0.258. The van der Waals surface area contributed by atoms with Gasteiger partial charge in [-0.3, -0.25) is 9.78 Å². The molecule has 1 heterocycles. The molecular weight excluding hydrogens is 254 g/mol. The van der Waals surface area contributed by atoms with E-state index in [1.807, 2.05) is 13.8 Å². The number of ether oxygens (including phenoxy) is 1. The number of nitrogens with two attached hydrogens (primary N) is 1. The van der Waals surface area contributed by atoms with E-state index in [2.05, 4.69) is 10.3 Å². The minimum Gasteiger partial charge on any atom is -0.491 e. The van der Waals surface area contributed by atoms with Crippen LogP contribution in [0.3, 0.4) is 0 Å². The van der Waals surface area contributed by atoms with E-state index < -0.39 is 0 Å². The van der Waals surface area contributed by atoms with Crippen LogP contribution < -0.4 is 15.8 Å². The highest BCUT2D eigenvalue weighted by Gasteiger charge is 2.15. The summed E-state index contributed by atoms with van der Waals surface area (Å²) in [6.07, 6.45) is 1.65. The summed E-state index contributed by atoms with van der Waals surface area (Å²) in [7, 11) is 0. The van der Waals surface area contributed by atoms with E-state index in [0.717, 1.165) is 5.69 Å². The predicted molar refractivity (Wildman–Crippen MR) is 79.0 cm³/mol. The lowest BCUT2D eigenvalue weighted by molar-refractivity contribution is 0.102. The summed E-state index contributed by atoms with van der Waals surface area (Å²) in [4.78, 5) is 16.4. The average molecular weight is 271 g/mol. The quantitative estimate of drug-likeness (QED) is 0.838. The highest BCUT2D eigenvalue weighted by atomic mass is 16.5. The van der Waals surface area contributed by atoms with Gasteiger partial charge in [-0.1, -0.05) is 6.07 Å². The number of benzene rings is 1. The number of aromatic nitrogens is 1. The Labute approximate surface area is 117 Å². The molecule has 0 fully saturated rings. The van der Waals surface area contributed by atoms with Crippen LogP contribution >= 0.6 is 0 Å². The molecule has 20 heavy (non-hydrogen) atoms. The van der Waals surface area contributed by atoms with Crippen molar-refractivity contribution >= 4 is 17.3 Å². The van der Waals surface area contributed by atoms with Gasteiger partial charge in [0.25, 0.3) is 5.91 Å². The number of rotatable bonds is 4. The molecule has 0 atom stereocenters. The van der Waals surface area contributed by atoms with E-state index in [-0.39, 0.29) is 5.91 Å². The molecular formula is C15H17N3O2. The van der Waals surface area contributed by atoms with Crippen molar-refractivity contribution in [2.45, 2.75) is 13.8 Å². The Morgan fingerprint density at radius 2 is 2.20 bits per heavy atom. The molecule has 0 aliphatic heterocycles. The van der Waals surface area contributed by atoms with Gasteiger partial charge in [-0.25, -0.2) is 0 Å². The van der Waals surface area contributed by atoms with Gasteiger partial charge in [0.05, 0.1) is 17.9 Å². The van der Waals surface area contributed by atoms with E-state index in [4.69, 9.17) is 10.5 Å². The molecule has 104 valence electrons. The van der Waals surface area contributed by atoms with Crippen LogP contribution in [0.1, 0.15) is 23.0 Å². The molecule has 1 amide bonds. The summed E-state index contributed by atoms with van der Waals surface area (Å²) < 4.78 is 5.45. The molecule has 0 spiro atoms. The first kappa shape index (κ1) is 13.9. The Hall–Kier alpha value is -2.56. The summed E-state index contributed by atoms with van der Waals surface area (Å²) in [5.41, 5.74) is 8.24. The molecule has 1 aromatic carbocycles. The Bertz CT molecular complexity index is 626. The molecule has 3 N–H and O–H groups in total. The van der Waals surface area contributed by atoms with Gasteiger partial charge in [-0.05, 0) is 38.1 Å². The zero-order valence-electron chi connectivity index (χ0n) is 11.5. The standard InChI is InChI=1S/C15H17N3O2/c1-3-20-14-12(5-4-6-13(14)16)15(19)18-11-7-8-17-10(2)9-11/h4-9H,3,16H2,1-2H3,(H,17,18,19). The summed E-state index contributed by atoms with van der Waals surface area (Å²) in [5, 5.41) is 2.81. The maximum atomic E-state index is 12.3. The number of nitrogens with one attached hydrogen (secondary N) is 1. The second-order valence-corrected chi connectivity index (χ2v) is 4.30. The normalized spacial score (nSPS) is 10.1. The first-order valence-electron chi connectivity index (χ1n) is 6.37. The van der Waals surface area contributed by atoms with Crippen LogP contribution in [0.15, 0.2) is 36.5 Å². The maximum absolute atomic E-state index is 12.3. The number of para-hydroxylation sites is 1. The van der Waals surface area contributed by atoms with Gasteiger partial charge in [0.15, 0.2) is 5.75 Å². The number of aryl methyl sites for hydroxylation is 1. The second-order valence-electron chi connectivity index (χ2n) is 4.30. The van der Waals surface area contributed by atoms with Gasteiger partial charge < -0.3 is 15.8 Å². The number of nitrogens with zero attached hydrogens (tertiary/aromatic N) is 1. The molecule has 2 aromatic rings. The number of nitrogen functional groups attached to an aromatic ring is 1. The highest BCUT2D eigenvalue weighted by molar-refractivity contribution is 6.07. The fraction of sp³-hybridized carbons (Fsp3) is 0.200. The minimum atomic E-state index is -0.258. The zero-order valence-corrected chi connectivity index (χ0v) is 11.5. The SMILES string of the molecule is CCOc1c(N)cccc1C(=O)Nc1ccnc(C)c1. The number of hydrogen-bond donors (Lipinski definition) is 2. The Balaban J connectivity index is 2.27. The van der Waals surface area contributed by atoms with Gasteiger partial charge in [-0.15, -0.1) is 0 Å². The van der Waals surface area contributed by atoms with Gasteiger partial charge in [0.2, 0.25) is 0 Å². The Morgan fingerprint density at radius 3 is 2.90 bits per heavy atom. The summed E-state index contributed by atoms with van der Waals surface area (Å²) >= 11 is 0. The van der Waals surface area contributed by atoms with E-state index in [9.17, 15) is 4.79 Å². The number of amides is 1. The summed E-state index contributed by atoms with van der Waals surface area (Å²) in [6, 6.07) is 8.65. The fourth-order valence-electron chi connectivity index (χ4n) is 1.86. The predicted octanol–water partition coefficient (Wildman–Crippen LogP) is 2.62. The maximum Gasteiger partial charge on any atom is 0.259 e. The lowest BCUT2D eigenvalue weighted by Gasteiger charge is -2.12. The Kier molecular flexibility index (Phi) is 4.20. The number of carbonyl (C=O) groups excluding carboxylic acids is 1. The highest BCUT2D eigenvalue weighted by Crippen LogP contribution is 2.27. The van der Waals surface area contributed by atoms with Crippen molar-refractivity contribution in [3.05, 3.63) is 47.8 Å². The van der Waals surface area contributed by atoms with Crippen molar-refractivity contribution in [2.24, 2.45) is 0 Å². The zero-order chi connectivity index (χ0) is 14.5. The number of carbonyl (C=O) groups is 1. The van der Waals surface area contributed by atoms with Crippen molar-refractivity contribution in [2.75, 3.05) is 17.7 Å². The van der Waals surface area contributed by atoms with Crippen LogP contribution in [-0.2, 0) is 0 Å². The van der Waals surface area contributed by atoms with Crippen molar-refractivity contribution in [3.63, 3.8) is 0 Å². The molecule has 0 radical (unpaired) electrons. The lowest BCUT2D eigenvalue weighted by atomic mass is 10.1. The lowest BCUT2D eigenvalue weighted by Crippen LogP contribution is -2.14. The number of anilines is 2. The van der Waals surface area contributed by atoms with Gasteiger partial charge >= 0.3 is 0 Å². The van der Waals surface area contributed by atoms with Crippen LogP contribution in [0, 0.1) is 6.92 Å². The largest absolute Gasteiger partial charge is 0.491 e. The monoisotopic (exact) mass is 271 g/mol. The molecule has 0 saturated heterocycles. The smallest absolute Gasteiger partial charge is 0.259 e. The topological polar surface area (TPSA) is 77.2 Å². The van der Waals surface area contributed by atoms with Crippen molar-refractivity contribution < 1.29 is 9.53 Å². The third-order valence-electron chi connectivity index (χ3n) is 2.73. The molecule has 5 heteroatoms. The van der Waals surface area contributed by atoms with Crippen molar-refractivity contribution in [3.8, 4) is 5.75 Å². The molecule has 0 bridgehead atoms. The van der Waals surface area contributed by atoms with E-state index in [1.54, 1.807) is 36.5 Å². The van der Waals surface area contributed by atoms with Crippen molar-refractivity contribution in [1.29, 1.82) is 0 Å². The molecule has 0 aliphatic rings. The molecule has 1 aromatic heterocycles. The van der Waals surface area contributed by atoms with E-state index >= 15 is 0 Å². The van der Waals surface area contributed by atoms with E-state index in [1.165, 1.54) is 0 Å². The van der Waals surface area contributed by atoms with Crippen LogP contribution in [0.2, 0.25) is 0 Å². The van der Waals surface area contributed by atoms with Crippen molar-refractivity contribution in [1.82, 2.24) is 4.98 Å². The summed E-state index contributed by atoms with van der Waals surface area (Å²) in [6.45, 7) is 4.16. The molecule has 5 nitrogen and oxygen atoms in total. The van der Waals surface area contributed by atoms with Gasteiger partial charge in [0.1, 0.15) is 0 Å². The van der Waals surface area contributed by atoms with E-state index in [0.29, 0.717) is 29.3 Å². The molecule has 0 aliphatic carbocycles.